The van der Waals surface area contributed by atoms with Crippen LogP contribution in [-0.2, 0) is 0 Å². The van der Waals surface area contributed by atoms with E-state index in [0.717, 1.165) is 19.3 Å². The largest absolute Gasteiger partial charge is 0.492 e. The number of nitrogens with zero attached hydrogens (tertiary/aromatic N) is 1. The van der Waals surface area contributed by atoms with Gasteiger partial charge in [-0.1, -0.05) is 39.0 Å². The van der Waals surface area contributed by atoms with Gasteiger partial charge in [-0.25, -0.2) is 4.79 Å². The van der Waals surface area contributed by atoms with Crippen molar-refractivity contribution in [3.8, 4) is 5.75 Å². The van der Waals surface area contributed by atoms with Gasteiger partial charge in [0.1, 0.15) is 11.3 Å². The van der Waals surface area contributed by atoms with E-state index in [-0.39, 0.29) is 17.0 Å². The minimum Gasteiger partial charge on any atom is -0.492 e. The second-order valence-electron chi connectivity index (χ2n) is 4.86. The van der Waals surface area contributed by atoms with Crippen molar-refractivity contribution in [3.05, 3.63) is 33.9 Å². The number of carbonyl (C=O) groups is 1. The molecule has 0 fully saturated rings. The van der Waals surface area contributed by atoms with Crippen LogP contribution >= 0.6 is 0 Å². The van der Waals surface area contributed by atoms with Crippen LogP contribution in [-0.4, -0.2) is 22.6 Å². The summed E-state index contributed by atoms with van der Waals surface area (Å²) >= 11 is 0. The lowest BCUT2D eigenvalue weighted by molar-refractivity contribution is -0.384. The molecule has 6 heteroatoms. The fourth-order valence-corrected chi connectivity index (χ4v) is 1.99. The minimum atomic E-state index is -1.15. The smallest absolute Gasteiger partial charge is 0.339 e. The number of rotatable bonds is 10. The molecular formula is C15H21NO5. The average molecular weight is 295 g/mol. The molecule has 1 aromatic rings. The van der Waals surface area contributed by atoms with E-state index in [2.05, 4.69) is 6.92 Å². The molecule has 0 heterocycles. The number of benzene rings is 1. The normalized spacial score (nSPS) is 10.3. The number of carboxylic acids is 1. The van der Waals surface area contributed by atoms with Gasteiger partial charge in [-0.3, -0.25) is 10.1 Å². The number of unbranched alkanes of at least 4 members (excludes halogenated alkanes) is 5. The summed E-state index contributed by atoms with van der Waals surface area (Å²) in [6, 6.07) is 3.54. The molecule has 0 aliphatic heterocycles. The van der Waals surface area contributed by atoms with Crippen molar-refractivity contribution >= 4 is 11.7 Å². The molecule has 1 aromatic carbocycles. The van der Waals surface area contributed by atoms with Gasteiger partial charge in [-0.05, 0) is 12.5 Å². The number of hydrogen-bond donors (Lipinski definition) is 1. The van der Waals surface area contributed by atoms with E-state index in [1.807, 2.05) is 0 Å². The zero-order valence-corrected chi connectivity index (χ0v) is 12.2. The van der Waals surface area contributed by atoms with Crippen LogP contribution in [0.5, 0.6) is 5.75 Å². The van der Waals surface area contributed by atoms with E-state index in [0.29, 0.717) is 6.61 Å². The highest BCUT2D eigenvalue weighted by molar-refractivity contribution is 5.91. The third-order valence-corrected chi connectivity index (χ3v) is 3.16. The first kappa shape index (κ1) is 16.9. The molecule has 21 heavy (non-hydrogen) atoms. The molecule has 1 rings (SSSR count). The predicted molar refractivity (Wildman–Crippen MR) is 78.9 cm³/mol. The van der Waals surface area contributed by atoms with Crippen LogP contribution in [0.25, 0.3) is 0 Å². The van der Waals surface area contributed by atoms with Gasteiger partial charge in [0.2, 0.25) is 0 Å². The topological polar surface area (TPSA) is 89.7 Å². The first-order valence-electron chi connectivity index (χ1n) is 7.20. The van der Waals surface area contributed by atoms with Crippen molar-refractivity contribution in [1.29, 1.82) is 0 Å². The van der Waals surface area contributed by atoms with Crippen molar-refractivity contribution in [3.63, 3.8) is 0 Å². The van der Waals surface area contributed by atoms with Gasteiger partial charge >= 0.3 is 5.97 Å². The van der Waals surface area contributed by atoms with Crippen LogP contribution in [0.2, 0.25) is 0 Å². The fourth-order valence-electron chi connectivity index (χ4n) is 1.99. The molecule has 0 aliphatic carbocycles. The van der Waals surface area contributed by atoms with Crippen molar-refractivity contribution in [2.24, 2.45) is 0 Å². The van der Waals surface area contributed by atoms with E-state index in [1.54, 1.807) is 0 Å². The lowest BCUT2D eigenvalue weighted by Gasteiger charge is -2.09. The molecular weight excluding hydrogens is 274 g/mol. The molecule has 0 saturated heterocycles. The van der Waals surface area contributed by atoms with E-state index in [9.17, 15) is 14.9 Å². The molecule has 0 spiro atoms. The maximum Gasteiger partial charge on any atom is 0.339 e. The number of nitro groups is 1. The summed E-state index contributed by atoms with van der Waals surface area (Å²) in [5.41, 5.74) is -0.218. The number of nitro benzene ring substituents is 1. The molecule has 1 N–H and O–H groups in total. The maximum absolute atomic E-state index is 11.1. The van der Waals surface area contributed by atoms with Crippen LogP contribution in [0.3, 0.4) is 0 Å². The predicted octanol–water partition coefficient (Wildman–Crippen LogP) is 4.03. The van der Waals surface area contributed by atoms with Crippen molar-refractivity contribution < 1.29 is 19.6 Å². The van der Waals surface area contributed by atoms with Gasteiger partial charge in [0.05, 0.1) is 17.6 Å². The van der Waals surface area contributed by atoms with Gasteiger partial charge < -0.3 is 9.84 Å². The first-order chi connectivity index (χ1) is 10.1. The van der Waals surface area contributed by atoms with Gasteiger partial charge in [0.25, 0.3) is 5.69 Å². The zero-order valence-electron chi connectivity index (χ0n) is 12.2. The van der Waals surface area contributed by atoms with E-state index < -0.39 is 10.9 Å². The van der Waals surface area contributed by atoms with E-state index >= 15 is 0 Å². The van der Waals surface area contributed by atoms with E-state index in [1.165, 1.54) is 37.5 Å². The minimum absolute atomic E-state index is 0.0495. The quantitative estimate of drug-likeness (QED) is 0.400. The number of ether oxygens (including phenoxy) is 1. The summed E-state index contributed by atoms with van der Waals surface area (Å²) in [5, 5.41) is 19.8. The second kappa shape index (κ2) is 8.94. The molecule has 0 atom stereocenters. The zero-order chi connectivity index (χ0) is 15.7. The average Bonchev–Trinajstić information content (AvgIpc) is 2.45. The highest BCUT2D eigenvalue weighted by atomic mass is 16.6. The number of non-ortho nitro benzene ring substituents is 1. The number of hydrogen-bond acceptors (Lipinski definition) is 4. The van der Waals surface area contributed by atoms with Crippen LogP contribution in [0.1, 0.15) is 55.8 Å². The highest BCUT2D eigenvalue weighted by Crippen LogP contribution is 2.25. The van der Waals surface area contributed by atoms with Gasteiger partial charge in [0.15, 0.2) is 0 Å². The van der Waals surface area contributed by atoms with Crippen molar-refractivity contribution in [1.82, 2.24) is 0 Å². The Kier molecular flexibility index (Phi) is 7.21. The van der Waals surface area contributed by atoms with Gasteiger partial charge in [0, 0.05) is 6.07 Å². The third kappa shape index (κ3) is 5.81. The Labute approximate surface area is 123 Å². The highest BCUT2D eigenvalue weighted by Gasteiger charge is 2.16. The van der Waals surface area contributed by atoms with Crippen LogP contribution < -0.4 is 4.74 Å². The molecule has 0 aliphatic rings. The Hall–Kier alpha value is -2.11. The van der Waals surface area contributed by atoms with Crippen LogP contribution in [0, 0.1) is 10.1 Å². The Morgan fingerprint density at radius 1 is 1.24 bits per heavy atom. The Balaban J connectivity index is 2.53. The van der Waals surface area contributed by atoms with Crippen molar-refractivity contribution in [2.75, 3.05) is 6.61 Å². The Morgan fingerprint density at radius 3 is 2.52 bits per heavy atom. The maximum atomic E-state index is 11.1. The van der Waals surface area contributed by atoms with Gasteiger partial charge in [-0.2, -0.15) is 0 Å². The third-order valence-electron chi connectivity index (χ3n) is 3.16. The molecule has 116 valence electrons. The summed E-state index contributed by atoms with van der Waals surface area (Å²) in [6.45, 7) is 2.52. The lowest BCUT2D eigenvalue weighted by Crippen LogP contribution is -2.05. The van der Waals surface area contributed by atoms with Crippen LogP contribution in [0.4, 0.5) is 5.69 Å². The summed E-state index contributed by atoms with van der Waals surface area (Å²) in [7, 11) is 0. The monoisotopic (exact) mass is 295 g/mol. The number of aromatic carboxylic acids is 1. The Morgan fingerprint density at radius 2 is 1.90 bits per heavy atom. The van der Waals surface area contributed by atoms with E-state index in [4.69, 9.17) is 9.84 Å². The summed E-state index contributed by atoms with van der Waals surface area (Å²) in [5.74, 6) is -1.09. The molecule has 0 saturated carbocycles. The molecule has 0 unspecified atom stereocenters. The summed E-state index contributed by atoms with van der Waals surface area (Å²) in [6.07, 6.45) is 6.54. The fraction of sp³-hybridized carbons (Fsp3) is 0.533. The van der Waals surface area contributed by atoms with Gasteiger partial charge in [-0.15, -0.1) is 0 Å². The second-order valence-corrected chi connectivity index (χ2v) is 4.86. The molecule has 0 radical (unpaired) electrons. The van der Waals surface area contributed by atoms with Crippen LogP contribution in [0.15, 0.2) is 18.2 Å². The first-order valence-corrected chi connectivity index (χ1v) is 7.20. The SMILES string of the molecule is CCCCCCCCOc1cc([N+](=O)[O-])ccc1C(=O)O. The standard InChI is InChI=1S/C15H21NO5/c1-2-3-4-5-6-7-10-21-14-11-12(16(19)20)8-9-13(14)15(17)18/h8-9,11H,2-7,10H2,1H3,(H,17,18). The Bertz CT molecular complexity index is 487. The molecule has 6 nitrogen and oxygen atoms in total. The molecule has 0 aromatic heterocycles. The molecule has 0 amide bonds. The van der Waals surface area contributed by atoms with Crippen molar-refractivity contribution in [2.45, 2.75) is 45.4 Å². The molecule has 0 bridgehead atoms. The summed E-state index contributed by atoms with van der Waals surface area (Å²) < 4.78 is 5.41. The number of carboxylic acid groups (broad SMARTS) is 1. The lowest BCUT2D eigenvalue weighted by atomic mass is 10.1. The summed E-state index contributed by atoms with van der Waals surface area (Å²) in [4.78, 5) is 21.2.